The van der Waals surface area contributed by atoms with E-state index in [2.05, 4.69) is 9.97 Å². The summed E-state index contributed by atoms with van der Waals surface area (Å²) in [6.07, 6.45) is 5.19. The molecule has 0 unspecified atom stereocenters. The van der Waals surface area contributed by atoms with E-state index in [-0.39, 0.29) is 5.56 Å². The molecule has 4 aromatic rings. The van der Waals surface area contributed by atoms with Gasteiger partial charge >= 0.3 is 5.97 Å². The van der Waals surface area contributed by atoms with Crippen LogP contribution in [0.5, 0.6) is 0 Å². The number of carboxylic acids is 1. The van der Waals surface area contributed by atoms with Crippen LogP contribution < -0.4 is 0 Å². The standard InChI is InChI=1S/C19H11Cl2N3O2/c20-12-2-3-13-16(8-12)23-17(9-18(13)24-6-5-22-10-24)14-7-11(19(25)26)1-4-15(14)21/h1-10H,(H,25,26). The SMILES string of the molecule is O=C(O)c1ccc(Cl)c(-c2cc(-n3ccnc3)c3ccc(Cl)cc3n2)c1. The molecule has 2 heterocycles. The normalized spacial score (nSPS) is 11.0. The van der Waals surface area contributed by atoms with Gasteiger partial charge in [0.2, 0.25) is 0 Å². The molecule has 2 aromatic carbocycles. The molecule has 5 nitrogen and oxygen atoms in total. The molecule has 0 fully saturated rings. The van der Waals surface area contributed by atoms with Gasteiger partial charge in [0.1, 0.15) is 0 Å². The lowest BCUT2D eigenvalue weighted by Gasteiger charge is -2.12. The van der Waals surface area contributed by atoms with Crippen LogP contribution in [0.15, 0.2) is 61.2 Å². The van der Waals surface area contributed by atoms with Crippen LogP contribution in [0.4, 0.5) is 0 Å². The number of hydrogen-bond acceptors (Lipinski definition) is 3. The van der Waals surface area contributed by atoms with Crippen molar-refractivity contribution in [1.82, 2.24) is 14.5 Å². The molecule has 0 radical (unpaired) electrons. The molecule has 0 aliphatic carbocycles. The Balaban J connectivity index is 2.03. The Bertz CT molecular complexity index is 1140. The number of aromatic nitrogens is 3. The molecule has 0 aliphatic rings. The van der Waals surface area contributed by atoms with E-state index in [4.69, 9.17) is 23.2 Å². The second-order valence-corrected chi connectivity index (χ2v) is 6.50. The van der Waals surface area contributed by atoms with Crippen molar-refractivity contribution in [2.75, 3.05) is 0 Å². The van der Waals surface area contributed by atoms with Crippen molar-refractivity contribution in [2.24, 2.45) is 0 Å². The minimum absolute atomic E-state index is 0.140. The highest BCUT2D eigenvalue weighted by atomic mass is 35.5. The van der Waals surface area contributed by atoms with Gasteiger partial charge in [-0.3, -0.25) is 0 Å². The number of fused-ring (bicyclic) bond motifs is 1. The molecule has 0 atom stereocenters. The number of nitrogens with zero attached hydrogens (tertiary/aromatic N) is 3. The Morgan fingerprint density at radius 2 is 1.92 bits per heavy atom. The molecular formula is C19H11Cl2N3O2. The average Bonchev–Trinajstić information content (AvgIpc) is 3.15. The summed E-state index contributed by atoms with van der Waals surface area (Å²) < 4.78 is 1.86. The molecule has 26 heavy (non-hydrogen) atoms. The Kier molecular flexibility index (Phi) is 4.11. The molecule has 4 rings (SSSR count). The van der Waals surface area contributed by atoms with Gasteiger partial charge in [-0.25, -0.2) is 14.8 Å². The predicted octanol–water partition coefficient (Wildman–Crippen LogP) is 5.09. The maximum absolute atomic E-state index is 11.3. The van der Waals surface area contributed by atoms with Crippen LogP contribution in [-0.4, -0.2) is 25.6 Å². The Hall–Kier alpha value is -2.89. The lowest BCUT2D eigenvalue weighted by molar-refractivity contribution is 0.0697. The molecule has 2 aromatic heterocycles. The molecular weight excluding hydrogens is 373 g/mol. The highest BCUT2D eigenvalue weighted by Crippen LogP contribution is 2.33. The first-order valence-electron chi connectivity index (χ1n) is 7.65. The molecule has 0 spiro atoms. The smallest absolute Gasteiger partial charge is 0.335 e. The van der Waals surface area contributed by atoms with Gasteiger partial charge in [-0.1, -0.05) is 23.2 Å². The number of carboxylic acid groups (broad SMARTS) is 1. The van der Waals surface area contributed by atoms with Crippen LogP contribution in [0.3, 0.4) is 0 Å². The van der Waals surface area contributed by atoms with Crippen molar-refractivity contribution >= 4 is 40.1 Å². The zero-order valence-corrected chi connectivity index (χ0v) is 14.7. The first-order chi connectivity index (χ1) is 12.5. The first-order valence-corrected chi connectivity index (χ1v) is 8.40. The Labute approximate surface area is 158 Å². The minimum Gasteiger partial charge on any atom is -0.478 e. The second kappa shape index (κ2) is 6.44. The molecule has 0 saturated heterocycles. The number of rotatable bonds is 3. The summed E-state index contributed by atoms with van der Waals surface area (Å²) in [4.78, 5) is 20.0. The van der Waals surface area contributed by atoms with Crippen molar-refractivity contribution in [3.8, 4) is 16.9 Å². The van der Waals surface area contributed by atoms with Gasteiger partial charge in [0.05, 0.1) is 33.8 Å². The number of aromatic carboxylic acids is 1. The molecule has 128 valence electrons. The van der Waals surface area contributed by atoms with E-state index in [0.717, 1.165) is 11.1 Å². The van der Waals surface area contributed by atoms with Crippen LogP contribution in [0.2, 0.25) is 10.0 Å². The van der Waals surface area contributed by atoms with Crippen LogP contribution in [0.25, 0.3) is 27.8 Å². The number of hydrogen-bond donors (Lipinski definition) is 1. The fraction of sp³-hybridized carbons (Fsp3) is 0. The third kappa shape index (κ3) is 2.92. The number of imidazole rings is 1. The number of halogens is 2. The number of pyridine rings is 1. The quantitative estimate of drug-likeness (QED) is 0.534. The van der Waals surface area contributed by atoms with E-state index in [1.165, 1.54) is 12.1 Å². The van der Waals surface area contributed by atoms with Gasteiger partial charge < -0.3 is 9.67 Å². The Morgan fingerprint density at radius 3 is 2.65 bits per heavy atom. The van der Waals surface area contributed by atoms with E-state index in [0.29, 0.717) is 26.8 Å². The summed E-state index contributed by atoms with van der Waals surface area (Å²) in [5.74, 6) is -1.03. The molecule has 0 aliphatic heterocycles. The fourth-order valence-electron chi connectivity index (χ4n) is 2.79. The molecule has 7 heteroatoms. The third-order valence-corrected chi connectivity index (χ3v) is 4.59. The molecule has 0 saturated carbocycles. The number of carbonyl (C=O) groups is 1. The lowest BCUT2D eigenvalue weighted by Crippen LogP contribution is -1.99. The topological polar surface area (TPSA) is 68.0 Å². The van der Waals surface area contributed by atoms with E-state index in [1.54, 1.807) is 30.7 Å². The van der Waals surface area contributed by atoms with E-state index in [1.807, 2.05) is 22.9 Å². The van der Waals surface area contributed by atoms with Gasteiger partial charge in [0.25, 0.3) is 0 Å². The third-order valence-electron chi connectivity index (χ3n) is 4.02. The minimum atomic E-state index is -1.03. The van der Waals surface area contributed by atoms with E-state index < -0.39 is 5.97 Å². The summed E-state index contributed by atoms with van der Waals surface area (Å²) in [7, 11) is 0. The van der Waals surface area contributed by atoms with Gasteiger partial charge in [0.15, 0.2) is 0 Å². The zero-order chi connectivity index (χ0) is 18.3. The highest BCUT2D eigenvalue weighted by molar-refractivity contribution is 6.33. The van der Waals surface area contributed by atoms with Crippen molar-refractivity contribution in [1.29, 1.82) is 0 Å². The summed E-state index contributed by atoms with van der Waals surface area (Å²) in [5, 5.41) is 11.1. The summed E-state index contributed by atoms with van der Waals surface area (Å²) >= 11 is 12.4. The van der Waals surface area contributed by atoms with E-state index >= 15 is 0 Å². The van der Waals surface area contributed by atoms with Gasteiger partial charge in [-0.15, -0.1) is 0 Å². The van der Waals surface area contributed by atoms with Crippen LogP contribution >= 0.6 is 23.2 Å². The zero-order valence-electron chi connectivity index (χ0n) is 13.2. The number of benzene rings is 2. The van der Waals surface area contributed by atoms with Crippen LogP contribution in [0.1, 0.15) is 10.4 Å². The Morgan fingerprint density at radius 1 is 1.08 bits per heavy atom. The summed E-state index contributed by atoms with van der Waals surface area (Å²) in [6, 6.07) is 11.8. The van der Waals surface area contributed by atoms with Crippen molar-refractivity contribution in [2.45, 2.75) is 0 Å². The van der Waals surface area contributed by atoms with Crippen molar-refractivity contribution < 1.29 is 9.90 Å². The van der Waals surface area contributed by atoms with Gasteiger partial charge in [-0.05, 0) is 42.5 Å². The van der Waals surface area contributed by atoms with E-state index in [9.17, 15) is 9.90 Å². The van der Waals surface area contributed by atoms with Gasteiger partial charge in [-0.2, -0.15) is 0 Å². The largest absolute Gasteiger partial charge is 0.478 e. The summed E-state index contributed by atoms with van der Waals surface area (Å²) in [6.45, 7) is 0. The average molecular weight is 384 g/mol. The van der Waals surface area contributed by atoms with Crippen molar-refractivity contribution in [3.05, 3.63) is 76.8 Å². The second-order valence-electron chi connectivity index (χ2n) is 5.66. The molecule has 0 amide bonds. The van der Waals surface area contributed by atoms with Crippen LogP contribution in [-0.2, 0) is 0 Å². The molecule has 0 bridgehead atoms. The van der Waals surface area contributed by atoms with Crippen molar-refractivity contribution in [3.63, 3.8) is 0 Å². The fourth-order valence-corrected chi connectivity index (χ4v) is 3.17. The highest BCUT2D eigenvalue weighted by Gasteiger charge is 2.14. The first kappa shape index (κ1) is 16.6. The van der Waals surface area contributed by atoms with Crippen LogP contribution in [0, 0.1) is 0 Å². The van der Waals surface area contributed by atoms with Gasteiger partial charge in [0, 0.05) is 28.4 Å². The molecule has 1 N–H and O–H groups in total. The monoisotopic (exact) mass is 383 g/mol. The maximum Gasteiger partial charge on any atom is 0.335 e. The predicted molar refractivity (Wildman–Crippen MR) is 101 cm³/mol. The lowest BCUT2D eigenvalue weighted by atomic mass is 10.0. The maximum atomic E-state index is 11.3. The summed E-state index contributed by atoms with van der Waals surface area (Å²) in [5.41, 5.74) is 2.75.